The lowest BCUT2D eigenvalue weighted by atomic mass is 9.72. The highest BCUT2D eigenvalue weighted by atomic mass is 32.1. The number of fused-ring (bicyclic) bond motifs is 1. The van der Waals surface area contributed by atoms with Gasteiger partial charge in [0.2, 0.25) is 5.91 Å². The molecule has 23 heavy (non-hydrogen) atoms. The Hall–Kier alpha value is -1.36. The Morgan fingerprint density at radius 1 is 1.30 bits per heavy atom. The third-order valence-electron chi connectivity index (χ3n) is 4.80. The van der Waals surface area contributed by atoms with Gasteiger partial charge in [-0.2, -0.15) is 0 Å². The number of hydrogen-bond donors (Lipinski definition) is 2. The number of carboxylic acid groups (broad SMARTS) is 1. The number of anilines is 1. The van der Waals surface area contributed by atoms with E-state index in [2.05, 4.69) is 33.0 Å². The first-order valence-electron chi connectivity index (χ1n) is 8.31. The molecular formula is C18H27NO3S. The first kappa shape index (κ1) is 18.0. The number of carboxylic acids is 1. The summed E-state index contributed by atoms with van der Waals surface area (Å²) in [5.74, 6) is -0.249. The molecule has 1 heterocycles. The Labute approximate surface area is 142 Å². The Balaban J connectivity index is 2.02. The molecule has 4 nitrogen and oxygen atoms in total. The Morgan fingerprint density at radius 2 is 2.00 bits per heavy atom. The maximum atomic E-state index is 12.0. The van der Waals surface area contributed by atoms with E-state index in [0.717, 1.165) is 17.8 Å². The van der Waals surface area contributed by atoms with Crippen molar-refractivity contribution in [1.29, 1.82) is 0 Å². The molecule has 1 aliphatic carbocycles. The zero-order chi connectivity index (χ0) is 17.2. The van der Waals surface area contributed by atoms with Crippen LogP contribution in [0.4, 0.5) is 5.00 Å². The van der Waals surface area contributed by atoms with Gasteiger partial charge in [-0.1, -0.05) is 20.8 Å². The van der Waals surface area contributed by atoms with Crippen LogP contribution in [0.25, 0.3) is 0 Å². The van der Waals surface area contributed by atoms with Crippen molar-refractivity contribution in [2.75, 3.05) is 5.32 Å². The second-order valence-corrected chi connectivity index (χ2v) is 8.66. The minimum absolute atomic E-state index is 0.0423. The fourth-order valence-electron chi connectivity index (χ4n) is 3.19. The minimum Gasteiger partial charge on any atom is -0.481 e. The molecule has 0 bridgehead atoms. The molecule has 1 aromatic rings. The molecule has 0 aliphatic heterocycles. The Morgan fingerprint density at radius 3 is 2.61 bits per heavy atom. The van der Waals surface area contributed by atoms with Crippen LogP contribution in [0.15, 0.2) is 0 Å². The number of thiophene rings is 1. The Kier molecular flexibility index (Phi) is 5.50. The SMILES string of the molecule is Cc1c(NC(=O)CCCC(=O)O)sc2c1CCC(C(C)(C)C)C2. The third kappa shape index (κ3) is 4.56. The zero-order valence-electron chi connectivity index (χ0n) is 14.5. The van der Waals surface area contributed by atoms with Crippen molar-refractivity contribution in [2.24, 2.45) is 11.3 Å². The lowest BCUT2D eigenvalue weighted by molar-refractivity contribution is -0.137. The van der Waals surface area contributed by atoms with Crippen LogP contribution in [0.1, 0.15) is 62.5 Å². The monoisotopic (exact) mass is 337 g/mol. The van der Waals surface area contributed by atoms with Crippen LogP contribution in [-0.4, -0.2) is 17.0 Å². The van der Waals surface area contributed by atoms with Crippen molar-refractivity contribution >= 4 is 28.2 Å². The maximum absolute atomic E-state index is 12.0. The first-order chi connectivity index (χ1) is 10.7. The van der Waals surface area contributed by atoms with Gasteiger partial charge in [-0.05, 0) is 55.1 Å². The smallest absolute Gasteiger partial charge is 0.303 e. The normalized spacial score (nSPS) is 17.7. The second kappa shape index (κ2) is 7.04. The molecule has 1 unspecified atom stereocenters. The zero-order valence-corrected chi connectivity index (χ0v) is 15.3. The molecule has 0 fully saturated rings. The van der Waals surface area contributed by atoms with Gasteiger partial charge in [0.25, 0.3) is 0 Å². The summed E-state index contributed by atoms with van der Waals surface area (Å²) in [7, 11) is 0. The molecule has 0 saturated carbocycles. The minimum atomic E-state index is -0.853. The van der Waals surface area contributed by atoms with Crippen molar-refractivity contribution in [3.63, 3.8) is 0 Å². The molecule has 5 heteroatoms. The van der Waals surface area contributed by atoms with Gasteiger partial charge >= 0.3 is 5.97 Å². The van der Waals surface area contributed by atoms with Crippen molar-refractivity contribution in [2.45, 2.75) is 66.2 Å². The van der Waals surface area contributed by atoms with Crippen LogP contribution >= 0.6 is 11.3 Å². The second-order valence-electron chi connectivity index (χ2n) is 7.56. The van der Waals surface area contributed by atoms with E-state index >= 15 is 0 Å². The van der Waals surface area contributed by atoms with Crippen molar-refractivity contribution in [3.8, 4) is 0 Å². The van der Waals surface area contributed by atoms with Gasteiger partial charge in [0.15, 0.2) is 0 Å². The topological polar surface area (TPSA) is 66.4 Å². The summed E-state index contributed by atoms with van der Waals surface area (Å²) >= 11 is 1.70. The summed E-state index contributed by atoms with van der Waals surface area (Å²) in [6, 6.07) is 0. The molecule has 0 saturated heterocycles. The summed E-state index contributed by atoms with van der Waals surface area (Å²) in [6.07, 6.45) is 4.09. The molecule has 128 valence electrons. The van der Waals surface area contributed by atoms with Crippen molar-refractivity contribution < 1.29 is 14.7 Å². The number of nitrogens with one attached hydrogen (secondary N) is 1. The average molecular weight is 337 g/mol. The molecule has 1 aromatic heterocycles. The van der Waals surface area contributed by atoms with Crippen LogP contribution in [0.2, 0.25) is 0 Å². The predicted octanol–water partition coefficient (Wildman–Crippen LogP) is 4.40. The van der Waals surface area contributed by atoms with Crippen molar-refractivity contribution in [1.82, 2.24) is 0 Å². The molecule has 2 rings (SSSR count). The number of carbonyl (C=O) groups is 2. The van der Waals surface area contributed by atoms with Crippen LogP contribution in [0, 0.1) is 18.3 Å². The third-order valence-corrected chi connectivity index (χ3v) is 6.07. The molecule has 1 atom stereocenters. The number of hydrogen-bond acceptors (Lipinski definition) is 3. The summed E-state index contributed by atoms with van der Waals surface area (Å²) in [5, 5.41) is 12.6. The number of aliphatic carboxylic acids is 1. The van der Waals surface area contributed by atoms with E-state index in [1.807, 2.05) is 0 Å². The van der Waals surface area contributed by atoms with E-state index < -0.39 is 5.97 Å². The molecular weight excluding hydrogens is 310 g/mol. The lowest BCUT2D eigenvalue weighted by Crippen LogP contribution is -2.26. The van der Waals surface area contributed by atoms with Crippen LogP contribution in [0.3, 0.4) is 0 Å². The molecule has 1 aliphatic rings. The van der Waals surface area contributed by atoms with Gasteiger partial charge in [0.05, 0.1) is 5.00 Å². The van der Waals surface area contributed by atoms with Gasteiger partial charge in [0.1, 0.15) is 0 Å². The van der Waals surface area contributed by atoms with E-state index in [-0.39, 0.29) is 18.7 Å². The molecule has 2 N–H and O–H groups in total. The van der Waals surface area contributed by atoms with Gasteiger partial charge in [-0.25, -0.2) is 0 Å². The predicted molar refractivity (Wildman–Crippen MR) is 94.1 cm³/mol. The van der Waals surface area contributed by atoms with E-state index in [4.69, 9.17) is 5.11 Å². The average Bonchev–Trinajstić information content (AvgIpc) is 2.73. The lowest BCUT2D eigenvalue weighted by Gasteiger charge is -2.33. The summed E-state index contributed by atoms with van der Waals surface area (Å²) in [4.78, 5) is 23.9. The van der Waals surface area contributed by atoms with Crippen molar-refractivity contribution in [3.05, 3.63) is 16.0 Å². The van der Waals surface area contributed by atoms with Crippen LogP contribution < -0.4 is 5.32 Å². The molecule has 0 aromatic carbocycles. The van der Waals surface area contributed by atoms with Gasteiger partial charge in [0, 0.05) is 17.7 Å². The fourth-order valence-corrected chi connectivity index (χ4v) is 4.54. The highest BCUT2D eigenvalue weighted by Gasteiger charge is 2.31. The fraction of sp³-hybridized carbons (Fsp3) is 0.667. The molecule has 1 amide bonds. The molecule has 0 radical (unpaired) electrons. The molecule has 0 spiro atoms. The van der Waals surface area contributed by atoms with Gasteiger partial charge < -0.3 is 10.4 Å². The Bertz CT molecular complexity index is 598. The quantitative estimate of drug-likeness (QED) is 0.837. The van der Waals surface area contributed by atoms with Gasteiger partial charge in [-0.3, -0.25) is 9.59 Å². The standard InChI is InChI=1S/C18H27NO3S/c1-11-13-9-8-12(18(2,3)4)10-14(13)23-17(11)19-15(20)6-5-7-16(21)22/h12H,5-10H2,1-4H3,(H,19,20)(H,21,22). The maximum Gasteiger partial charge on any atom is 0.303 e. The highest BCUT2D eigenvalue weighted by Crippen LogP contribution is 2.43. The van der Waals surface area contributed by atoms with Crippen LogP contribution in [-0.2, 0) is 22.4 Å². The van der Waals surface area contributed by atoms with E-state index in [9.17, 15) is 9.59 Å². The van der Waals surface area contributed by atoms with E-state index in [1.54, 1.807) is 11.3 Å². The van der Waals surface area contributed by atoms with E-state index in [0.29, 0.717) is 17.8 Å². The summed E-state index contributed by atoms with van der Waals surface area (Å²) in [5.41, 5.74) is 2.93. The largest absolute Gasteiger partial charge is 0.481 e. The number of rotatable bonds is 5. The first-order valence-corrected chi connectivity index (χ1v) is 9.13. The summed E-state index contributed by atoms with van der Waals surface area (Å²) in [6.45, 7) is 8.98. The highest BCUT2D eigenvalue weighted by molar-refractivity contribution is 7.16. The van der Waals surface area contributed by atoms with Crippen LogP contribution in [0.5, 0.6) is 0 Å². The number of carbonyl (C=O) groups excluding carboxylic acids is 1. The van der Waals surface area contributed by atoms with Gasteiger partial charge in [-0.15, -0.1) is 11.3 Å². The number of amides is 1. The summed E-state index contributed by atoms with van der Waals surface area (Å²) < 4.78 is 0. The van der Waals surface area contributed by atoms with E-state index in [1.165, 1.54) is 22.4 Å².